The molecule has 0 bridgehead atoms. The van der Waals surface area contributed by atoms with E-state index in [1.165, 1.54) is 16.8 Å². The fourth-order valence-corrected chi connectivity index (χ4v) is 2.18. The van der Waals surface area contributed by atoms with Crippen molar-refractivity contribution in [2.24, 2.45) is 7.05 Å². The van der Waals surface area contributed by atoms with Crippen LogP contribution in [-0.4, -0.2) is 16.3 Å². The van der Waals surface area contributed by atoms with Crippen LogP contribution in [-0.2, 0) is 20.0 Å². The van der Waals surface area contributed by atoms with Crippen LogP contribution in [0.2, 0.25) is 0 Å². The number of hydrogen-bond donors (Lipinski definition) is 2. The van der Waals surface area contributed by atoms with Crippen molar-refractivity contribution in [2.75, 3.05) is 17.2 Å². The number of fused-ring (bicyclic) bond motifs is 1. The third-order valence-electron chi connectivity index (χ3n) is 3.08. The third kappa shape index (κ3) is 2.11. The van der Waals surface area contributed by atoms with E-state index in [2.05, 4.69) is 33.9 Å². The molecule has 0 radical (unpaired) electrons. The fraction of sp³-hybridized carbons (Fsp3) is 0.308. The van der Waals surface area contributed by atoms with Gasteiger partial charge in [-0.2, -0.15) is 5.10 Å². The van der Waals surface area contributed by atoms with Gasteiger partial charge in [0.25, 0.3) is 0 Å². The molecular weight excluding hydrogens is 212 g/mol. The molecule has 0 amide bonds. The maximum absolute atomic E-state index is 4.13. The van der Waals surface area contributed by atoms with Crippen molar-refractivity contribution in [2.45, 2.75) is 13.0 Å². The zero-order valence-corrected chi connectivity index (χ0v) is 9.90. The van der Waals surface area contributed by atoms with Crippen LogP contribution in [0.5, 0.6) is 0 Å². The molecule has 0 unspecified atom stereocenters. The summed E-state index contributed by atoms with van der Waals surface area (Å²) in [7, 11) is 1.92. The number of aryl methyl sites for hydroxylation is 1. The van der Waals surface area contributed by atoms with Gasteiger partial charge in [0.2, 0.25) is 0 Å². The Kier molecular flexibility index (Phi) is 2.48. The van der Waals surface area contributed by atoms with Crippen molar-refractivity contribution in [1.29, 1.82) is 0 Å². The van der Waals surface area contributed by atoms with Gasteiger partial charge in [-0.05, 0) is 23.6 Å². The molecule has 0 saturated carbocycles. The molecule has 4 nitrogen and oxygen atoms in total. The maximum Gasteiger partial charge on any atom is 0.0729 e. The first kappa shape index (κ1) is 10.2. The standard InChI is InChI=1S/C13H16N4/c1-17-9-12(8-16-17)15-7-10-2-3-13-11(6-10)4-5-14-13/h2-3,6,8-9,14-15H,4-5,7H2,1H3. The van der Waals surface area contributed by atoms with Crippen LogP contribution >= 0.6 is 0 Å². The predicted molar refractivity (Wildman–Crippen MR) is 69.2 cm³/mol. The molecule has 2 N–H and O–H groups in total. The highest BCUT2D eigenvalue weighted by molar-refractivity contribution is 5.56. The van der Waals surface area contributed by atoms with Crippen molar-refractivity contribution < 1.29 is 0 Å². The molecule has 1 aliphatic heterocycles. The second kappa shape index (κ2) is 4.13. The third-order valence-corrected chi connectivity index (χ3v) is 3.08. The summed E-state index contributed by atoms with van der Waals surface area (Å²) in [4.78, 5) is 0. The number of nitrogens with zero attached hydrogens (tertiary/aromatic N) is 2. The second-order valence-corrected chi connectivity index (χ2v) is 4.42. The van der Waals surface area contributed by atoms with Crippen LogP contribution in [0.3, 0.4) is 0 Å². The van der Waals surface area contributed by atoms with Crippen LogP contribution < -0.4 is 10.6 Å². The average Bonchev–Trinajstić information content (AvgIpc) is 2.94. The Morgan fingerprint density at radius 2 is 2.41 bits per heavy atom. The van der Waals surface area contributed by atoms with Crippen molar-refractivity contribution in [3.05, 3.63) is 41.7 Å². The van der Waals surface area contributed by atoms with Gasteiger partial charge in [0.05, 0.1) is 11.9 Å². The van der Waals surface area contributed by atoms with E-state index in [-0.39, 0.29) is 0 Å². The van der Waals surface area contributed by atoms with Crippen LogP contribution in [0, 0.1) is 0 Å². The Bertz CT molecular complexity index is 530. The number of nitrogens with one attached hydrogen (secondary N) is 2. The van der Waals surface area contributed by atoms with Crippen LogP contribution in [0.15, 0.2) is 30.6 Å². The minimum absolute atomic E-state index is 0.846. The monoisotopic (exact) mass is 228 g/mol. The topological polar surface area (TPSA) is 41.9 Å². The van der Waals surface area contributed by atoms with Crippen LogP contribution in [0.4, 0.5) is 11.4 Å². The molecule has 4 heteroatoms. The summed E-state index contributed by atoms with van der Waals surface area (Å²) in [6.45, 7) is 1.91. The van der Waals surface area contributed by atoms with Gasteiger partial charge in [0.1, 0.15) is 0 Å². The summed E-state index contributed by atoms with van der Waals surface area (Å²) in [5, 5.41) is 10.9. The minimum Gasteiger partial charge on any atom is -0.384 e. The Balaban J connectivity index is 1.69. The van der Waals surface area contributed by atoms with E-state index in [4.69, 9.17) is 0 Å². The number of aromatic nitrogens is 2. The summed E-state index contributed by atoms with van der Waals surface area (Å²) < 4.78 is 1.80. The van der Waals surface area contributed by atoms with Crippen molar-refractivity contribution in [1.82, 2.24) is 9.78 Å². The lowest BCUT2D eigenvalue weighted by molar-refractivity contribution is 0.768. The highest BCUT2D eigenvalue weighted by Crippen LogP contribution is 2.23. The normalized spacial score (nSPS) is 13.2. The van der Waals surface area contributed by atoms with Gasteiger partial charge in [0, 0.05) is 32.0 Å². The van der Waals surface area contributed by atoms with E-state index in [1.807, 2.05) is 19.4 Å². The first-order valence-corrected chi connectivity index (χ1v) is 5.89. The lowest BCUT2D eigenvalue weighted by Gasteiger charge is -2.06. The highest BCUT2D eigenvalue weighted by atomic mass is 15.3. The zero-order chi connectivity index (χ0) is 11.7. The Labute approximate surface area is 101 Å². The molecule has 1 aromatic heterocycles. The second-order valence-electron chi connectivity index (χ2n) is 4.42. The summed E-state index contributed by atoms with van der Waals surface area (Å²) in [5.41, 5.74) is 5.09. The molecule has 0 saturated heterocycles. The van der Waals surface area contributed by atoms with Crippen molar-refractivity contribution >= 4 is 11.4 Å². The summed E-state index contributed by atoms with van der Waals surface area (Å²) in [5.74, 6) is 0. The Hall–Kier alpha value is -1.97. The Morgan fingerprint density at radius 1 is 1.47 bits per heavy atom. The number of hydrogen-bond acceptors (Lipinski definition) is 3. The van der Waals surface area contributed by atoms with Gasteiger partial charge >= 0.3 is 0 Å². The molecule has 1 aromatic carbocycles. The Morgan fingerprint density at radius 3 is 3.24 bits per heavy atom. The quantitative estimate of drug-likeness (QED) is 0.844. The lowest BCUT2D eigenvalue weighted by atomic mass is 10.1. The van der Waals surface area contributed by atoms with Gasteiger partial charge in [-0.15, -0.1) is 0 Å². The molecule has 2 heterocycles. The molecule has 0 atom stereocenters. The molecule has 0 spiro atoms. The SMILES string of the molecule is Cn1cc(NCc2ccc3c(c2)CCN3)cn1. The first-order chi connectivity index (χ1) is 8.31. The van der Waals surface area contributed by atoms with Gasteiger partial charge in [-0.1, -0.05) is 12.1 Å². The smallest absolute Gasteiger partial charge is 0.0729 e. The van der Waals surface area contributed by atoms with E-state index in [9.17, 15) is 0 Å². The largest absolute Gasteiger partial charge is 0.384 e. The van der Waals surface area contributed by atoms with E-state index in [0.29, 0.717) is 0 Å². The predicted octanol–water partition coefficient (Wildman–Crippen LogP) is 2.00. The lowest BCUT2D eigenvalue weighted by Crippen LogP contribution is -1.99. The molecule has 0 fully saturated rings. The van der Waals surface area contributed by atoms with Gasteiger partial charge in [0.15, 0.2) is 0 Å². The van der Waals surface area contributed by atoms with E-state index < -0.39 is 0 Å². The summed E-state index contributed by atoms with van der Waals surface area (Å²) >= 11 is 0. The van der Waals surface area contributed by atoms with E-state index in [1.54, 1.807) is 4.68 Å². The minimum atomic E-state index is 0.846. The van der Waals surface area contributed by atoms with E-state index in [0.717, 1.165) is 25.2 Å². The summed E-state index contributed by atoms with van der Waals surface area (Å²) in [6.07, 6.45) is 4.96. The molecule has 3 rings (SSSR count). The van der Waals surface area contributed by atoms with Crippen molar-refractivity contribution in [3.63, 3.8) is 0 Å². The van der Waals surface area contributed by atoms with Crippen LogP contribution in [0.25, 0.3) is 0 Å². The van der Waals surface area contributed by atoms with Gasteiger partial charge < -0.3 is 10.6 Å². The summed E-state index contributed by atoms with van der Waals surface area (Å²) in [6, 6.07) is 6.61. The van der Waals surface area contributed by atoms with Crippen LogP contribution in [0.1, 0.15) is 11.1 Å². The molecule has 1 aliphatic rings. The molecule has 0 aliphatic carbocycles. The van der Waals surface area contributed by atoms with Gasteiger partial charge in [-0.3, -0.25) is 4.68 Å². The number of anilines is 2. The highest BCUT2D eigenvalue weighted by Gasteiger charge is 2.09. The first-order valence-electron chi connectivity index (χ1n) is 5.89. The molecular formula is C13H16N4. The fourth-order valence-electron chi connectivity index (χ4n) is 2.18. The number of rotatable bonds is 3. The van der Waals surface area contributed by atoms with Crippen molar-refractivity contribution in [3.8, 4) is 0 Å². The number of benzene rings is 1. The molecule has 17 heavy (non-hydrogen) atoms. The molecule has 88 valence electrons. The van der Waals surface area contributed by atoms with Gasteiger partial charge in [-0.25, -0.2) is 0 Å². The maximum atomic E-state index is 4.13. The zero-order valence-electron chi connectivity index (χ0n) is 9.90. The average molecular weight is 228 g/mol. The van der Waals surface area contributed by atoms with E-state index >= 15 is 0 Å². The molecule has 2 aromatic rings.